The van der Waals surface area contributed by atoms with Gasteiger partial charge in [-0.25, -0.2) is 0 Å². The summed E-state index contributed by atoms with van der Waals surface area (Å²) in [5.74, 6) is -0.787. The maximum absolute atomic E-state index is 11.6. The van der Waals surface area contributed by atoms with E-state index in [1.807, 2.05) is 33.8 Å². The van der Waals surface area contributed by atoms with Gasteiger partial charge in [0.2, 0.25) is 5.91 Å². The highest BCUT2D eigenvalue weighted by atomic mass is 16.3. The summed E-state index contributed by atoms with van der Waals surface area (Å²) in [5.41, 5.74) is 0. The van der Waals surface area contributed by atoms with Crippen LogP contribution in [0.2, 0.25) is 0 Å². The maximum atomic E-state index is 11.6. The lowest BCUT2D eigenvalue weighted by molar-refractivity contribution is -0.125. The highest BCUT2D eigenvalue weighted by Crippen LogP contribution is 2.11. The van der Waals surface area contributed by atoms with Gasteiger partial charge in [-0.15, -0.1) is 0 Å². The Balaban J connectivity index is 4.40. The van der Waals surface area contributed by atoms with E-state index in [2.05, 4.69) is 5.32 Å². The molecule has 0 spiro atoms. The summed E-state index contributed by atoms with van der Waals surface area (Å²) in [6.07, 6.45) is 0. The van der Waals surface area contributed by atoms with Gasteiger partial charge in [-0.2, -0.15) is 5.26 Å². The molecule has 2 N–H and O–H groups in total. The van der Waals surface area contributed by atoms with Crippen LogP contribution in [0.15, 0.2) is 0 Å². The molecule has 2 atom stereocenters. The predicted octanol–water partition coefficient (Wildman–Crippen LogP) is 0.915. The molecule has 0 radical (unpaired) electrons. The van der Waals surface area contributed by atoms with Gasteiger partial charge >= 0.3 is 0 Å². The van der Waals surface area contributed by atoms with Gasteiger partial charge in [0, 0.05) is 0 Å². The quantitative estimate of drug-likeness (QED) is 0.711. The number of carbonyl (C=O) groups is 1. The van der Waals surface area contributed by atoms with Crippen LogP contribution in [0.5, 0.6) is 0 Å². The van der Waals surface area contributed by atoms with E-state index in [0.29, 0.717) is 0 Å². The monoisotopic (exact) mass is 212 g/mol. The molecule has 0 saturated heterocycles. The number of aliphatic hydroxyl groups excluding tert-OH is 1. The van der Waals surface area contributed by atoms with E-state index in [0.717, 1.165) is 0 Å². The second kappa shape index (κ2) is 6.41. The van der Waals surface area contributed by atoms with E-state index in [9.17, 15) is 4.79 Å². The molecule has 0 aliphatic heterocycles. The SMILES string of the molecule is CC(C)C(CO)NC(=O)C(C#N)C(C)C. The lowest BCUT2D eigenvalue weighted by Gasteiger charge is -2.22. The third-order valence-electron chi connectivity index (χ3n) is 2.42. The normalized spacial score (nSPS) is 14.8. The van der Waals surface area contributed by atoms with Crippen molar-refractivity contribution in [2.45, 2.75) is 33.7 Å². The smallest absolute Gasteiger partial charge is 0.237 e. The molecule has 0 aromatic rings. The topological polar surface area (TPSA) is 73.1 Å². The number of hydrogen-bond donors (Lipinski definition) is 2. The van der Waals surface area contributed by atoms with Crippen molar-refractivity contribution >= 4 is 5.91 Å². The highest BCUT2D eigenvalue weighted by molar-refractivity contribution is 5.81. The second-order valence-corrected chi connectivity index (χ2v) is 4.39. The van der Waals surface area contributed by atoms with Crippen molar-refractivity contribution in [3.8, 4) is 6.07 Å². The van der Waals surface area contributed by atoms with Gasteiger partial charge in [-0.3, -0.25) is 4.79 Å². The minimum atomic E-state index is -0.641. The fourth-order valence-corrected chi connectivity index (χ4v) is 1.21. The molecule has 0 aliphatic rings. The Kier molecular flexibility index (Phi) is 5.95. The van der Waals surface area contributed by atoms with Crippen molar-refractivity contribution in [2.24, 2.45) is 17.8 Å². The van der Waals surface area contributed by atoms with Crippen LogP contribution >= 0.6 is 0 Å². The molecule has 1 amide bonds. The summed E-state index contributed by atoms with van der Waals surface area (Å²) in [5, 5.41) is 20.5. The zero-order valence-corrected chi connectivity index (χ0v) is 9.82. The van der Waals surface area contributed by atoms with Crippen LogP contribution in [0.25, 0.3) is 0 Å². The summed E-state index contributed by atoms with van der Waals surface area (Å²) in [6, 6.07) is 1.70. The van der Waals surface area contributed by atoms with E-state index in [-0.39, 0.29) is 30.4 Å². The van der Waals surface area contributed by atoms with Gasteiger partial charge < -0.3 is 10.4 Å². The Morgan fingerprint density at radius 1 is 1.33 bits per heavy atom. The average Bonchev–Trinajstić information content (AvgIpc) is 2.14. The molecular formula is C11H20N2O2. The van der Waals surface area contributed by atoms with E-state index in [4.69, 9.17) is 10.4 Å². The van der Waals surface area contributed by atoms with Gasteiger partial charge in [-0.05, 0) is 11.8 Å². The highest BCUT2D eigenvalue weighted by Gasteiger charge is 2.24. The molecule has 4 nitrogen and oxygen atoms in total. The van der Waals surface area contributed by atoms with Gasteiger partial charge in [0.05, 0.1) is 18.7 Å². The van der Waals surface area contributed by atoms with Gasteiger partial charge in [0.1, 0.15) is 5.92 Å². The Bertz CT molecular complexity index is 243. The average molecular weight is 212 g/mol. The molecule has 0 bridgehead atoms. The zero-order chi connectivity index (χ0) is 12.0. The third-order valence-corrected chi connectivity index (χ3v) is 2.42. The lowest BCUT2D eigenvalue weighted by atomic mass is 9.95. The number of nitrogens with one attached hydrogen (secondary N) is 1. The fraction of sp³-hybridized carbons (Fsp3) is 0.818. The number of rotatable bonds is 5. The molecule has 0 aromatic carbocycles. The number of aliphatic hydroxyl groups is 1. The number of carbonyl (C=O) groups excluding carboxylic acids is 1. The Hall–Kier alpha value is -1.08. The van der Waals surface area contributed by atoms with Crippen LogP contribution in [-0.2, 0) is 4.79 Å². The minimum Gasteiger partial charge on any atom is -0.394 e. The third kappa shape index (κ3) is 4.30. The maximum Gasteiger partial charge on any atom is 0.237 e. The molecule has 15 heavy (non-hydrogen) atoms. The molecule has 0 aliphatic carbocycles. The van der Waals surface area contributed by atoms with Crippen molar-refractivity contribution in [2.75, 3.05) is 6.61 Å². The zero-order valence-electron chi connectivity index (χ0n) is 9.82. The van der Waals surface area contributed by atoms with E-state index in [1.54, 1.807) is 0 Å². The van der Waals surface area contributed by atoms with Gasteiger partial charge in [0.25, 0.3) is 0 Å². The molecule has 0 aromatic heterocycles. The van der Waals surface area contributed by atoms with E-state index >= 15 is 0 Å². The molecule has 86 valence electrons. The molecule has 4 heteroatoms. The number of amides is 1. The van der Waals surface area contributed by atoms with Crippen LogP contribution in [0.4, 0.5) is 0 Å². The van der Waals surface area contributed by atoms with Crippen molar-refractivity contribution in [3.63, 3.8) is 0 Å². The standard InChI is InChI=1S/C11H20N2O2/c1-7(2)9(5-12)11(15)13-10(6-14)8(3)4/h7-10,14H,6H2,1-4H3,(H,13,15). The Morgan fingerprint density at radius 2 is 1.87 bits per heavy atom. The van der Waals surface area contributed by atoms with Gasteiger partial charge in [0.15, 0.2) is 0 Å². The lowest BCUT2D eigenvalue weighted by Crippen LogP contribution is -2.44. The predicted molar refractivity (Wildman–Crippen MR) is 57.8 cm³/mol. The van der Waals surface area contributed by atoms with Gasteiger partial charge in [-0.1, -0.05) is 27.7 Å². The summed E-state index contributed by atoms with van der Waals surface area (Å²) >= 11 is 0. The van der Waals surface area contributed by atoms with E-state index in [1.165, 1.54) is 0 Å². The summed E-state index contributed by atoms with van der Waals surface area (Å²) in [4.78, 5) is 11.6. The Morgan fingerprint density at radius 3 is 2.13 bits per heavy atom. The fourth-order valence-electron chi connectivity index (χ4n) is 1.21. The van der Waals surface area contributed by atoms with Crippen molar-refractivity contribution < 1.29 is 9.90 Å². The summed E-state index contributed by atoms with van der Waals surface area (Å²) in [7, 11) is 0. The molecule has 0 saturated carbocycles. The number of hydrogen-bond acceptors (Lipinski definition) is 3. The molecule has 0 fully saturated rings. The van der Waals surface area contributed by atoms with Crippen molar-refractivity contribution in [3.05, 3.63) is 0 Å². The van der Waals surface area contributed by atoms with Crippen molar-refractivity contribution in [1.29, 1.82) is 5.26 Å². The molecular weight excluding hydrogens is 192 g/mol. The van der Waals surface area contributed by atoms with Crippen LogP contribution in [0.3, 0.4) is 0 Å². The first-order chi connectivity index (χ1) is 6.93. The second-order valence-electron chi connectivity index (χ2n) is 4.39. The van der Waals surface area contributed by atoms with E-state index < -0.39 is 5.92 Å². The van der Waals surface area contributed by atoms with Crippen LogP contribution in [0, 0.1) is 29.1 Å². The summed E-state index contributed by atoms with van der Waals surface area (Å²) in [6.45, 7) is 7.39. The summed E-state index contributed by atoms with van der Waals surface area (Å²) < 4.78 is 0. The number of nitriles is 1. The molecule has 0 heterocycles. The molecule has 0 rings (SSSR count). The van der Waals surface area contributed by atoms with Crippen LogP contribution in [0.1, 0.15) is 27.7 Å². The minimum absolute atomic E-state index is 0.0125. The molecule has 2 unspecified atom stereocenters. The number of nitrogens with zero attached hydrogens (tertiary/aromatic N) is 1. The first kappa shape index (κ1) is 13.9. The largest absolute Gasteiger partial charge is 0.394 e. The first-order valence-electron chi connectivity index (χ1n) is 5.24. The van der Waals surface area contributed by atoms with Crippen LogP contribution in [-0.4, -0.2) is 23.7 Å². The Labute approximate surface area is 91.3 Å². The first-order valence-corrected chi connectivity index (χ1v) is 5.24. The van der Waals surface area contributed by atoms with Crippen molar-refractivity contribution in [1.82, 2.24) is 5.32 Å². The van der Waals surface area contributed by atoms with Crippen LogP contribution < -0.4 is 5.32 Å².